The molecule has 8 rings (SSSR count). The third-order valence-electron chi connectivity index (χ3n) is 9.84. The molecule has 8 saturated carbocycles. The summed E-state index contributed by atoms with van der Waals surface area (Å²) in [5.74, 6) is 5.90. The quantitative estimate of drug-likeness (QED) is 0.668. The van der Waals surface area contributed by atoms with Crippen LogP contribution < -0.4 is 0 Å². The molecule has 0 aromatic carbocycles. The first kappa shape index (κ1) is 16.3. The van der Waals surface area contributed by atoms with Crippen LogP contribution in [0.5, 0.6) is 0 Å². The van der Waals surface area contributed by atoms with E-state index in [4.69, 9.17) is 0 Å². The van der Waals surface area contributed by atoms with Gasteiger partial charge in [-0.25, -0.2) is 0 Å². The fraction of sp³-hybridized carbons (Fsp3) is 0.917. The zero-order valence-electron chi connectivity index (χ0n) is 16.2. The van der Waals surface area contributed by atoms with Crippen molar-refractivity contribution in [3.8, 4) is 0 Å². The number of hydrogen-bond acceptors (Lipinski definition) is 2. The van der Waals surface area contributed by atoms with Crippen LogP contribution in [0.2, 0.25) is 0 Å². The van der Waals surface area contributed by atoms with Crippen molar-refractivity contribution in [1.29, 1.82) is 0 Å². The molecule has 0 aromatic rings. The molecule has 26 heavy (non-hydrogen) atoms. The van der Waals surface area contributed by atoms with Crippen molar-refractivity contribution < 1.29 is 9.59 Å². The maximum absolute atomic E-state index is 13.3. The highest BCUT2D eigenvalue weighted by atomic mass is 16.1. The summed E-state index contributed by atoms with van der Waals surface area (Å²) in [4.78, 5) is 26.6. The highest BCUT2D eigenvalue weighted by molar-refractivity contribution is 5.92. The van der Waals surface area contributed by atoms with Crippen molar-refractivity contribution in [2.24, 2.45) is 46.3 Å². The lowest BCUT2D eigenvalue weighted by atomic mass is 9.47. The number of carbonyl (C=O) groups excluding carboxylic acids is 2. The number of rotatable bonds is 5. The fourth-order valence-electron chi connectivity index (χ4n) is 9.66. The van der Waals surface area contributed by atoms with Gasteiger partial charge in [0.15, 0.2) is 0 Å². The number of ketones is 2. The minimum Gasteiger partial charge on any atom is -0.299 e. The van der Waals surface area contributed by atoms with Crippen LogP contribution in [0.3, 0.4) is 0 Å². The minimum absolute atomic E-state index is 0.00347. The van der Waals surface area contributed by atoms with Crippen molar-refractivity contribution in [3.63, 3.8) is 0 Å². The van der Waals surface area contributed by atoms with Gasteiger partial charge in [0.1, 0.15) is 11.6 Å². The Morgan fingerprint density at radius 3 is 0.962 bits per heavy atom. The van der Waals surface area contributed by atoms with Crippen LogP contribution in [0.4, 0.5) is 0 Å². The molecular formula is C24H34O2. The third-order valence-corrected chi connectivity index (χ3v) is 9.84. The van der Waals surface area contributed by atoms with Gasteiger partial charge in [-0.1, -0.05) is 0 Å². The van der Waals surface area contributed by atoms with Crippen LogP contribution in [0.25, 0.3) is 0 Å². The van der Waals surface area contributed by atoms with Gasteiger partial charge in [-0.15, -0.1) is 0 Å². The molecule has 8 aliphatic carbocycles. The standard InChI is InChI=1S/C24H34O2/c25-21(23-9-15-3-16(10-23)5-17(4-15)11-23)1-2-22(26)24-12-18-6-19(13-24)8-20(7-18)14-24/h15-20H,1-14H2. The summed E-state index contributed by atoms with van der Waals surface area (Å²) in [5.41, 5.74) is -0.00694. The Bertz CT molecular complexity index is 518. The Hall–Kier alpha value is -0.660. The molecule has 0 N–H and O–H groups in total. The molecular weight excluding hydrogens is 320 g/mol. The van der Waals surface area contributed by atoms with E-state index < -0.39 is 0 Å². The van der Waals surface area contributed by atoms with Crippen LogP contribution >= 0.6 is 0 Å². The van der Waals surface area contributed by atoms with Crippen molar-refractivity contribution in [2.75, 3.05) is 0 Å². The van der Waals surface area contributed by atoms with E-state index in [1.165, 1.54) is 38.5 Å². The second-order valence-electron chi connectivity index (χ2n) is 11.7. The van der Waals surface area contributed by atoms with Crippen molar-refractivity contribution in [2.45, 2.75) is 89.9 Å². The third kappa shape index (κ3) is 2.35. The second kappa shape index (κ2) is 5.45. The highest BCUT2D eigenvalue weighted by Gasteiger charge is 2.56. The number of carbonyl (C=O) groups is 2. The maximum atomic E-state index is 13.3. The SMILES string of the molecule is O=C(CCC(=O)C12CC3CC(CC(C3)C1)C2)C12CC3CC(CC(C3)C1)C2. The zero-order chi connectivity index (χ0) is 17.5. The molecule has 0 atom stereocenters. The van der Waals surface area contributed by atoms with E-state index in [1.807, 2.05) is 0 Å². The Kier molecular flexibility index (Phi) is 3.42. The van der Waals surface area contributed by atoms with Gasteiger partial charge >= 0.3 is 0 Å². The predicted octanol–water partition coefficient (Wildman–Crippen LogP) is 5.34. The van der Waals surface area contributed by atoms with E-state index in [9.17, 15) is 9.59 Å². The molecule has 2 nitrogen and oxygen atoms in total. The monoisotopic (exact) mass is 354 g/mol. The van der Waals surface area contributed by atoms with Gasteiger partial charge in [0.2, 0.25) is 0 Å². The smallest absolute Gasteiger partial charge is 0.139 e. The average molecular weight is 355 g/mol. The summed E-state index contributed by atoms with van der Waals surface area (Å²) in [7, 11) is 0. The lowest BCUT2D eigenvalue weighted by Crippen LogP contribution is -2.51. The summed E-state index contributed by atoms with van der Waals surface area (Å²) >= 11 is 0. The van der Waals surface area contributed by atoms with Gasteiger partial charge in [-0.05, 0) is 113 Å². The molecule has 8 fully saturated rings. The topological polar surface area (TPSA) is 34.1 Å². The van der Waals surface area contributed by atoms with Crippen molar-refractivity contribution in [1.82, 2.24) is 0 Å². The van der Waals surface area contributed by atoms with Gasteiger partial charge in [-0.2, -0.15) is 0 Å². The van der Waals surface area contributed by atoms with E-state index in [0.29, 0.717) is 24.4 Å². The van der Waals surface area contributed by atoms with Crippen molar-refractivity contribution in [3.05, 3.63) is 0 Å². The van der Waals surface area contributed by atoms with E-state index in [2.05, 4.69) is 0 Å². The van der Waals surface area contributed by atoms with Crippen LogP contribution in [0, 0.1) is 46.3 Å². The van der Waals surface area contributed by atoms with E-state index in [1.54, 1.807) is 0 Å². The van der Waals surface area contributed by atoms with Crippen LogP contribution in [-0.4, -0.2) is 11.6 Å². The first-order valence-corrected chi connectivity index (χ1v) is 11.6. The van der Waals surface area contributed by atoms with E-state index in [0.717, 1.165) is 74.0 Å². The maximum Gasteiger partial charge on any atom is 0.139 e. The number of hydrogen-bond donors (Lipinski definition) is 0. The molecule has 142 valence electrons. The van der Waals surface area contributed by atoms with Crippen molar-refractivity contribution >= 4 is 11.6 Å². The van der Waals surface area contributed by atoms with Gasteiger partial charge in [0.05, 0.1) is 0 Å². The summed E-state index contributed by atoms with van der Waals surface area (Å²) in [6, 6.07) is 0. The molecule has 0 radical (unpaired) electrons. The molecule has 0 unspecified atom stereocenters. The molecule has 0 saturated heterocycles. The normalized spacial score (nSPS) is 53.2. The zero-order valence-corrected chi connectivity index (χ0v) is 16.2. The molecule has 0 amide bonds. The minimum atomic E-state index is -0.00347. The summed E-state index contributed by atoms with van der Waals surface area (Å²) < 4.78 is 0. The molecule has 0 spiro atoms. The Balaban J connectivity index is 1.14. The fourth-order valence-corrected chi connectivity index (χ4v) is 9.66. The Morgan fingerprint density at radius 1 is 0.500 bits per heavy atom. The van der Waals surface area contributed by atoms with Crippen LogP contribution in [0.15, 0.2) is 0 Å². The average Bonchev–Trinajstić information content (AvgIpc) is 2.57. The van der Waals surface area contributed by atoms with E-state index >= 15 is 0 Å². The number of Topliss-reactive ketones (excluding diaryl/α,β-unsaturated/α-hetero) is 2. The lowest BCUT2D eigenvalue weighted by molar-refractivity contribution is -0.149. The second-order valence-corrected chi connectivity index (χ2v) is 11.7. The summed E-state index contributed by atoms with van der Waals surface area (Å²) in [5, 5.41) is 0. The molecule has 0 aliphatic heterocycles. The van der Waals surface area contributed by atoms with Crippen LogP contribution in [0.1, 0.15) is 89.9 Å². The van der Waals surface area contributed by atoms with Gasteiger partial charge in [-0.3, -0.25) is 9.59 Å². The Labute approximate surface area is 157 Å². The molecule has 8 aliphatic rings. The first-order valence-electron chi connectivity index (χ1n) is 11.6. The van der Waals surface area contributed by atoms with E-state index in [-0.39, 0.29) is 10.8 Å². The largest absolute Gasteiger partial charge is 0.299 e. The predicted molar refractivity (Wildman–Crippen MR) is 100 cm³/mol. The summed E-state index contributed by atoms with van der Waals surface area (Å²) in [6.45, 7) is 0. The highest BCUT2D eigenvalue weighted by Crippen LogP contribution is 2.62. The molecule has 2 heteroatoms. The van der Waals surface area contributed by atoms with Gasteiger partial charge in [0, 0.05) is 23.7 Å². The summed E-state index contributed by atoms with van der Waals surface area (Å²) in [6.07, 6.45) is 16.4. The molecule has 0 heterocycles. The molecule has 0 aromatic heterocycles. The first-order chi connectivity index (χ1) is 12.5. The van der Waals surface area contributed by atoms with Gasteiger partial charge in [0.25, 0.3) is 0 Å². The Morgan fingerprint density at radius 2 is 0.731 bits per heavy atom. The van der Waals surface area contributed by atoms with Gasteiger partial charge < -0.3 is 0 Å². The lowest BCUT2D eigenvalue weighted by Gasteiger charge is -2.56. The molecule has 8 bridgehead atoms. The van der Waals surface area contributed by atoms with Crippen LogP contribution in [-0.2, 0) is 9.59 Å².